The van der Waals surface area contributed by atoms with Crippen molar-refractivity contribution in [3.05, 3.63) is 51.8 Å². The van der Waals surface area contributed by atoms with Gasteiger partial charge in [-0.2, -0.15) is 4.31 Å². The molecule has 1 atom stereocenters. The number of sulfonamides is 1. The largest absolute Gasteiger partial charge is 0.253 e. The van der Waals surface area contributed by atoms with Crippen LogP contribution in [0.2, 0.25) is 0 Å². The van der Waals surface area contributed by atoms with Crippen LogP contribution >= 0.6 is 27.3 Å². The molecule has 0 saturated heterocycles. The first-order valence-electron chi connectivity index (χ1n) is 7.29. The van der Waals surface area contributed by atoms with Gasteiger partial charge in [-0.1, -0.05) is 30.3 Å². The van der Waals surface area contributed by atoms with E-state index in [2.05, 4.69) is 15.9 Å². The number of halogens is 1. The third kappa shape index (κ3) is 3.45. The molecule has 1 saturated carbocycles. The van der Waals surface area contributed by atoms with Crippen LogP contribution in [0.3, 0.4) is 0 Å². The minimum absolute atomic E-state index is 0.0334. The van der Waals surface area contributed by atoms with Gasteiger partial charge in [-0.3, -0.25) is 0 Å². The fourth-order valence-corrected chi connectivity index (χ4v) is 6.40. The standard InChI is InChI=1S/C16H18BrNO2S2/c1-12(14-7-8-14)18(11-13-5-3-2-4-6-13)22(19,20)16-10-9-15(17)21-16/h2-6,9-10,12,14H,7-8,11H2,1H3/t12-/m0/s1. The Bertz CT molecular complexity index is 739. The molecule has 22 heavy (non-hydrogen) atoms. The summed E-state index contributed by atoms with van der Waals surface area (Å²) in [6, 6.07) is 13.3. The minimum Gasteiger partial charge on any atom is -0.206 e. The van der Waals surface area contributed by atoms with Gasteiger partial charge < -0.3 is 0 Å². The Morgan fingerprint density at radius 3 is 2.45 bits per heavy atom. The summed E-state index contributed by atoms with van der Waals surface area (Å²) in [7, 11) is -3.46. The van der Waals surface area contributed by atoms with E-state index < -0.39 is 10.0 Å². The Balaban J connectivity index is 1.94. The topological polar surface area (TPSA) is 37.4 Å². The Morgan fingerprint density at radius 1 is 1.23 bits per heavy atom. The fraction of sp³-hybridized carbons (Fsp3) is 0.375. The molecule has 0 unspecified atom stereocenters. The second-order valence-corrected chi connectivity index (χ2v) is 10.3. The van der Waals surface area contributed by atoms with E-state index in [1.165, 1.54) is 11.3 Å². The number of rotatable bonds is 6. The summed E-state index contributed by atoms with van der Waals surface area (Å²) in [5.41, 5.74) is 1.02. The van der Waals surface area contributed by atoms with E-state index in [1.54, 1.807) is 16.4 Å². The summed E-state index contributed by atoms with van der Waals surface area (Å²) in [5, 5.41) is 0. The third-order valence-corrected chi connectivity index (χ3v) is 8.08. The van der Waals surface area contributed by atoms with E-state index in [0.717, 1.165) is 22.2 Å². The zero-order valence-corrected chi connectivity index (χ0v) is 15.5. The van der Waals surface area contributed by atoms with Gasteiger partial charge in [-0.25, -0.2) is 8.42 Å². The first-order valence-corrected chi connectivity index (χ1v) is 10.3. The van der Waals surface area contributed by atoms with Crippen LogP contribution in [0, 0.1) is 5.92 Å². The van der Waals surface area contributed by atoms with Crippen molar-refractivity contribution in [1.29, 1.82) is 0 Å². The molecule has 118 valence electrons. The zero-order chi connectivity index (χ0) is 15.7. The maximum atomic E-state index is 13.0. The lowest BCUT2D eigenvalue weighted by atomic mass is 10.2. The first kappa shape index (κ1) is 16.2. The third-order valence-electron chi connectivity index (χ3n) is 4.05. The van der Waals surface area contributed by atoms with Crippen molar-refractivity contribution in [2.45, 2.75) is 36.6 Å². The summed E-state index contributed by atoms with van der Waals surface area (Å²) < 4.78 is 29.0. The molecule has 1 aromatic carbocycles. The molecular weight excluding hydrogens is 382 g/mol. The van der Waals surface area contributed by atoms with Crippen LogP contribution in [-0.4, -0.2) is 18.8 Å². The van der Waals surface area contributed by atoms with E-state index in [4.69, 9.17) is 0 Å². The van der Waals surface area contributed by atoms with Gasteiger partial charge in [0.05, 0.1) is 3.79 Å². The van der Waals surface area contributed by atoms with Gasteiger partial charge in [0, 0.05) is 12.6 Å². The summed E-state index contributed by atoms with van der Waals surface area (Å²) in [6.45, 7) is 2.46. The van der Waals surface area contributed by atoms with Crippen molar-refractivity contribution in [3.8, 4) is 0 Å². The molecule has 1 aliphatic rings. The van der Waals surface area contributed by atoms with Crippen LogP contribution in [0.4, 0.5) is 0 Å². The molecule has 3 rings (SSSR count). The molecule has 0 bridgehead atoms. The molecule has 0 amide bonds. The molecule has 1 heterocycles. The summed E-state index contributed by atoms with van der Waals surface area (Å²) in [6.07, 6.45) is 2.24. The van der Waals surface area contributed by atoms with Crippen molar-refractivity contribution in [2.75, 3.05) is 0 Å². The average molecular weight is 400 g/mol. The molecule has 1 aliphatic carbocycles. The first-order chi connectivity index (χ1) is 10.5. The Hall–Kier alpha value is -0.690. The molecule has 3 nitrogen and oxygen atoms in total. The Labute approximate surface area is 144 Å². The van der Waals surface area contributed by atoms with Crippen LogP contribution in [-0.2, 0) is 16.6 Å². The van der Waals surface area contributed by atoms with Crippen molar-refractivity contribution >= 4 is 37.3 Å². The van der Waals surface area contributed by atoms with Crippen LogP contribution in [0.15, 0.2) is 50.5 Å². The molecule has 0 spiro atoms. The highest BCUT2D eigenvalue weighted by Gasteiger charge is 2.38. The van der Waals surface area contributed by atoms with E-state index in [9.17, 15) is 8.42 Å². The lowest BCUT2D eigenvalue weighted by Gasteiger charge is -2.28. The van der Waals surface area contributed by atoms with Crippen LogP contribution < -0.4 is 0 Å². The van der Waals surface area contributed by atoms with Gasteiger partial charge in [-0.05, 0) is 59.3 Å². The summed E-state index contributed by atoms with van der Waals surface area (Å²) in [4.78, 5) is 0. The van der Waals surface area contributed by atoms with Crippen molar-refractivity contribution in [1.82, 2.24) is 4.31 Å². The highest BCUT2D eigenvalue weighted by Crippen LogP contribution is 2.39. The molecule has 0 N–H and O–H groups in total. The molecule has 2 aromatic rings. The minimum atomic E-state index is -3.46. The van der Waals surface area contributed by atoms with Crippen molar-refractivity contribution in [3.63, 3.8) is 0 Å². The highest BCUT2D eigenvalue weighted by molar-refractivity contribution is 9.11. The molecular formula is C16H18BrNO2S2. The molecule has 0 aliphatic heterocycles. The van der Waals surface area contributed by atoms with E-state index in [1.807, 2.05) is 37.3 Å². The number of benzene rings is 1. The SMILES string of the molecule is C[C@@H](C1CC1)N(Cc1ccccc1)S(=O)(=O)c1ccc(Br)s1. The number of thiophene rings is 1. The average Bonchev–Trinajstić information content (AvgIpc) is 3.26. The maximum absolute atomic E-state index is 13.0. The second kappa shape index (κ2) is 6.43. The Kier molecular flexibility index (Phi) is 4.73. The second-order valence-electron chi connectivity index (χ2n) is 5.67. The van der Waals surface area contributed by atoms with Crippen LogP contribution in [0.1, 0.15) is 25.3 Å². The fourth-order valence-electron chi connectivity index (χ4n) is 2.58. The number of nitrogens with zero attached hydrogens (tertiary/aromatic N) is 1. The van der Waals surface area contributed by atoms with Gasteiger partial charge in [0.2, 0.25) is 0 Å². The highest BCUT2D eigenvalue weighted by atomic mass is 79.9. The Morgan fingerprint density at radius 2 is 1.91 bits per heavy atom. The predicted octanol–water partition coefficient (Wildman–Crippen LogP) is 4.50. The predicted molar refractivity (Wildman–Crippen MR) is 93.4 cm³/mol. The van der Waals surface area contributed by atoms with Gasteiger partial charge in [0.15, 0.2) is 0 Å². The molecule has 0 radical (unpaired) electrons. The van der Waals surface area contributed by atoms with Crippen molar-refractivity contribution in [2.24, 2.45) is 5.92 Å². The quantitative estimate of drug-likeness (QED) is 0.716. The lowest BCUT2D eigenvalue weighted by molar-refractivity contribution is 0.304. The lowest BCUT2D eigenvalue weighted by Crippen LogP contribution is -2.39. The van der Waals surface area contributed by atoms with Gasteiger partial charge >= 0.3 is 0 Å². The monoisotopic (exact) mass is 399 g/mol. The smallest absolute Gasteiger partial charge is 0.206 e. The van der Waals surface area contributed by atoms with E-state index in [-0.39, 0.29) is 6.04 Å². The number of hydrogen-bond donors (Lipinski definition) is 0. The van der Waals surface area contributed by atoms with Gasteiger partial charge in [0.1, 0.15) is 4.21 Å². The zero-order valence-electron chi connectivity index (χ0n) is 12.3. The van der Waals surface area contributed by atoms with Crippen molar-refractivity contribution < 1.29 is 8.42 Å². The molecule has 1 fully saturated rings. The summed E-state index contributed by atoms with van der Waals surface area (Å²) in [5.74, 6) is 0.488. The van der Waals surface area contributed by atoms with Crippen LogP contribution in [0.25, 0.3) is 0 Å². The van der Waals surface area contributed by atoms with Crippen LogP contribution in [0.5, 0.6) is 0 Å². The molecule has 1 aromatic heterocycles. The van der Waals surface area contributed by atoms with Gasteiger partial charge in [-0.15, -0.1) is 11.3 Å². The van der Waals surface area contributed by atoms with Gasteiger partial charge in [0.25, 0.3) is 10.0 Å². The van der Waals surface area contributed by atoms with E-state index >= 15 is 0 Å². The number of hydrogen-bond acceptors (Lipinski definition) is 3. The molecule has 6 heteroatoms. The normalized spacial score (nSPS) is 16.9. The summed E-state index contributed by atoms with van der Waals surface area (Å²) >= 11 is 4.62. The van der Waals surface area contributed by atoms with E-state index in [0.29, 0.717) is 16.7 Å². The maximum Gasteiger partial charge on any atom is 0.253 e.